The summed E-state index contributed by atoms with van der Waals surface area (Å²) in [6, 6.07) is 8.93. The Hall–Kier alpha value is -2.39. The quantitative estimate of drug-likeness (QED) is 0.688. The van der Waals surface area contributed by atoms with Crippen LogP contribution in [0.2, 0.25) is 0 Å². The summed E-state index contributed by atoms with van der Waals surface area (Å²) in [6.07, 6.45) is -2.38. The van der Waals surface area contributed by atoms with Crippen LogP contribution in [0.3, 0.4) is 0 Å². The minimum absolute atomic E-state index is 0.0169. The van der Waals surface area contributed by atoms with Gasteiger partial charge >= 0.3 is 6.18 Å². The number of alkyl halides is 3. The molecule has 2 heterocycles. The van der Waals surface area contributed by atoms with Crippen molar-refractivity contribution < 1.29 is 26.4 Å². The molecule has 2 aromatic rings. The molecule has 0 spiro atoms. The number of hydrogen-bond acceptors (Lipinski definition) is 3. The van der Waals surface area contributed by atoms with E-state index in [-0.39, 0.29) is 22.9 Å². The summed E-state index contributed by atoms with van der Waals surface area (Å²) >= 11 is 0. The van der Waals surface area contributed by atoms with Crippen molar-refractivity contribution >= 4 is 21.6 Å². The molecule has 1 unspecified atom stereocenters. The highest BCUT2D eigenvalue weighted by molar-refractivity contribution is 7.89. The van der Waals surface area contributed by atoms with E-state index in [1.807, 2.05) is 0 Å². The summed E-state index contributed by atoms with van der Waals surface area (Å²) in [5, 5.41) is 0. The first-order chi connectivity index (χ1) is 14.6. The molecule has 0 radical (unpaired) electrons. The van der Waals surface area contributed by atoms with Crippen LogP contribution in [0.4, 0.5) is 18.9 Å². The Balaban J connectivity index is 1.72. The molecule has 0 aliphatic carbocycles. The predicted octanol–water partition coefficient (Wildman–Crippen LogP) is 4.53. The smallest absolute Gasteiger partial charge is 0.312 e. The van der Waals surface area contributed by atoms with Crippen LogP contribution in [0.15, 0.2) is 47.4 Å². The van der Waals surface area contributed by atoms with Crippen LogP contribution in [-0.4, -0.2) is 31.7 Å². The van der Waals surface area contributed by atoms with Crippen molar-refractivity contribution in [3.63, 3.8) is 0 Å². The Bertz CT molecular complexity index is 1120. The minimum Gasteiger partial charge on any atom is -0.312 e. The lowest BCUT2D eigenvalue weighted by molar-refractivity contribution is -0.138. The first-order valence-electron chi connectivity index (χ1n) is 10.2. The molecule has 1 amide bonds. The second-order valence-corrected chi connectivity index (χ2v) is 9.81. The van der Waals surface area contributed by atoms with E-state index in [4.69, 9.17) is 0 Å². The molecule has 0 aromatic heterocycles. The fourth-order valence-corrected chi connectivity index (χ4v) is 6.31. The highest BCUT2D eigenvalue weighted by atomic mass is 32.2. The summed E-state index contributed by atoms with van der Waals surface area (Å²) in [5.74, 6) is -0.111. The van der Waals surface area contributed by atoms with E-state index in [9.17, 15) is 26.4 Å². The van der Waals surface area contributed by atoms with E-state index in [2.05, 4.69) is 0 Å². The normalized spacial score (nSPS) is 20.0. The van der Waals surface area contributed by atoms with Gasteiger partial charge in [0, 0.05) is 25.7 Å². The van der Waals surface area contributed by atoms with Gasteiger partial charge in [0.15, 0.2) is 0 Å². The molecule has 2 aliphatic rings. The summed E-state index contributed by atoms with van der Waals surface area (Å²) < 4.78 is 68.7. The highest BCUT2D eigenvalue weighted by Crippen LogP contribution is 2.43. The van der Waals surface area contributed by atoms with E-state index >= 15 is 0 Å². The number of nitrogens with zero attached hydrogens (tertiary/aromatic N) is 2. The van der Waals surface area contributed by atoms with Crippen molar-refractivity contribution in [1.82, 2.24) is 4.31 Å². The third kappa shape index (κ3) is 3.96. The van der Waals surface area contributed by atoms with Gasteiger partial charge in [-0.1, -0.05) is 18.2 Å². The zero-order valence-corrected chi connectivity index (χ0v) is 17.8. The molecule has 1 atom stereocenters. The topological polar surface area (TPSA) is 57.7 Å². The molecular formula is C22H23F3N2O3S. The van der Waals surface area contributed by atoms with Gasteiger partial charge in [0.2, 0.25) is 15.9 Å². The average Bonchev–Trinajstić information content (AvgIpc) is 3.23. The van der Waals surface area contributed by atoms with Crippen molar-refractivity contribution in [3.8, 4) is 0 Å². The van der Waals surface area contributed by atoms with Gasteiger partial charge in [-0.3, -0.25) is 4.79 Å². The maximum atomic E-state index is 13.5. The molecule has 0 saturated carbocycles. The van der Waals surface area contributed by atoms with Gasteiger partial charge < -0.3 is 4.90 Å². The van der Waals surface area contributed by atoms with Crippen LogP contribution in [0.25, 0.3) is 0 Å². The monoisotopic (exact) mass is 452 g/mol. The van der Waals surface area contributed by atoms with Crippen LogP contribution >= 0.6 is 0 Å². The summed E-state index contributed by atoms with van der Waals surface area (Å²) in [5.41, 5.74) is 0.633. The van der Waals surface area contributed by atoms with Gasteiger partial charge in [0.1, 0.15) is 0 Å². The van der Waals surface area contributed by atoms with Crippen LogP contribution in [0, 0.1) is 0 Å². The maximum absolute atomic E-state index is 13.5. The lowest BCUT2D eigenvalue weighted by Crippen LogP contribution is -2.34. The van der Waals surface area contributed by atoms with E-state index in [1.165, 1.54) is 35.5 Å². The minimum atomic E-state index is -4.56. The number of fused-ring (bicyclic) bond motifs is 1. The van der Waals surface area contributed by atoms with E-state index in [0.717, 1.165) is 18.1 Å². The van der Waals surface area contributed by atoms with Crippen molar-refractivity contribution in [2.45, 2.75) is 49.7 Å². The number of aryl methyl sites for hydroxylation is 1. The summed E-state index contributed by atoms with van der Waals surface area (Å²) in [7, 11) is -4.01. The van der Waals surface area contributed by atoms with E-state index < -0.39 is 27.8 Å². The van der Waals surface area contributed by atoms with Crippen LogP contribution in [0.5, 0.6) is 0 Å². The molecule has 31 heavy (non-hydrogen) atoms. The number of carbonyl (C=O) groups is 1. The molecule has 0 N–H and O–H groups in total. The third-order valence-corrected chi connectivity index (χ3v) is 7.89. The third-order valence-electron chi connectivity index (χ3n) is 5.99. The zero-order valence-electron chi connectivity index (χ0n) is 17.0. The van der Waals surface area contributed by atoms with Crippen LogP contribution in [0.1, 0.15) is 48.9 Å². The lowest BCUT2D eigenvalue weighted by Gasteiger charge is -2.30. The second kappa shape index (κ2) is 7.94. The van der Waals surface area contributed by atoms with Crippen molar-refractivity contribution in [2.24, 2.45) is 0 Å². The zero-order chi connectivity index (χ0) is 22.4. The maximum Gasteiger partial charge on any atom is 0.416 e. The largest absolute Gasteiger partial charge is 0.416 e. The number of benzene rings is 2. The second-order valence-electron chi connectivity index (χ2n) is 7.92. The fourth-order valence-electron chi connectivity index (χ4n) is 4.58. The van der Waals surface area contributed by atoms with E-state index in [1.54, 1.807) is 17.0 Å². The molecule has 4 rings (SSSR count). The standard InChI is InChI=1S/C22H23F3N2O3S/c1-15(28)26-12-4-6-16-14-17(10-11-20(16)26)31(29,30)27-13-5-9-21(27)18-7-2-3-8-19(18)22(23,24)25/h2-3,7-8,10-11,14,21H,4-6,9,12-13H2,1H3. The van der Waals surface area contributed by atoms with Gasteiger partial charge in [-0.2, -0.15) is 17.5 Å². The lowest BCUT2D eigenvalue weighted by atomic mass is 9.99. The molecule has 166 valence electrons. The predicted molar refractivity (Wildman–Crippen MR) is 110 cm³/mol. The molecule has 5 nitrogen and oxygen atoms in total. The average molecular weight is 452 g/mol. The number of rotatable bonds is 3. The van der Waals surface area contributed by atoms with Crippen molar-refractivity contribution in [1.29, 1.82) is 0 Å². The Labute approximate surface area is 179 Å². The number of anilines is 1. The molecule has 2 aliphatic heterocycles. The fraction of sp³-hybridized carbons (Fsp3) is 0.409. The Morgan fingerprint density at radius 3 is 2.52 bits per heavy atom. The van der Waals surface area contributed by atoms with Gasteiger partial charge in [-0.25, -0.2) is 8.42 Å². The van der Waals surface area contributed by atoms with Crippen molar-refractivity contribution in [2.75, 3.05) is 18.0 Å². The highest BCUT2D eigenvalue weighted by Gasteiger charge is 2.42. The Kier molecular flexibility index (Phi) is 5.59. The SMILES string of the molecule is CC(=O)N1CCCc2cc(S(=O)(=O)N3CCCC3c3ccccc3C(F)(F)F)ccc21. The van der Waals surface area contributed by atoms with Gasteiger partial charge in [0.05, 0.1) is 16.5 Å². The number of sulfonamides is 1. The molecule has 2 aromatic carbocycles. The van der Waals surface area contributed by atoms with Gasteiger partial charge in [0.25, 0.3) is 0 Å². The molecule has 9 heteroatoms. The summed E-state index contributed by atoms with van der Waals surface area (Å²) in [4.78, 5) is 13.5. The molecule has 1 fully saturated rings. The number of halogens is 3. The Morgan fingerprint density at radius 1 is 1.06 bits per heavy atom. The van der Waals surface area contributed by atoms with Crippen LogP contribution < -0.4 is 4.90 Å². The molecule has 1 saturated heterocycles. The van der Waals surface area contributed by atoms with Crippen molar-refractivity contribution in [3.05, 3.63) is 59.2 Å². The number of carbonyl (C=O) groups excluding carboxylic acids is 1. The molecule has 0 bridgehead atoms. The van der Waals surface area contributed by atoms with Crippen LogP contribution in [-0.2, 0) is 27.4 Å². The van der Waals surface area contributed by atoms with Gasteiger partial charge in [-0.15, -0.1) is 0 Å². The number of hydrogen-bond donors (Lipinski definition) is 0. The molecular weight excluding hydrogens is 429 g/mol. The van der Waals surface area contributed by atoms with Gasteiger partial charge in [-0.05, 0) is 61.1 Å². The number of amides is 1. The first-order valence-corrected chi connectivity index (χ1v) is 11.6. The summed E-state index contributed by atoms with van der Waals surface area (Å²) in [6.45, 7) is 2.21. The Morgan fingerprint density at radius 2 is 1.81 bits per heavy atom. The first kappa shape index (κ1) is 21.8. The van der Waals surface area contributed by atoms with E-state index in [0.29, 0.717) is 31.5 Å².